The van der Waals surface area contributed by atoms with Gasteiger partial charge in [0, 0.05) is 11.5 Å². The van der Waals surface area contributed by atoms with Gasteiger partial charge in [-0.1, -0.05) is 11.6 Å². The Hall–Kier alpha value is -0.270. The van der Waals surface area contributed by atoms with Gasteiger partial charge in [0.05, 0.1) is 13.7 Å². The molecule has 0 amide bonds. The maximum absolute atomic E-state index is 13.6. The van der Waals surface area contributed by atoms with E-state index in [4.69, 9.17) is 11.6 Å². The monoisotopic (exact) mass is 452 g/mol. The van der Waals surface area contributed by atoms with Crippen LogP contribution in [-0.4, -0.2) is 9.97 Å². The van der Waals surface area contributed by atoms with Gasteiger partial charge in [-0.05, 0) is 69.6 Å². The molecule has 1 aromatic carbocycles. The second kappa shape index (κ2) is 5.26. The van der Waals surface area contributed by atoms with Crippen molar-refractivity contribution >= 4 is 50.1 Å². The van der Waals surface area contributed by atoms with E-state index >= 15 is 0 Å². The lowest BCUT2D eigenvalue weighted by atomic mass is 10.2. The smallest absolute Gasteiger partial charge is 0.161 e. The van der Waals surface area contributed by atoms with E-state index in [2.05, 4.69) is 48.5 Å². The molecule has 0 saturated heterocycles. The molecule has 1 saturated carbocycles. The van der Waals surface area contributed by atoms with E-state index in [1.165, 1.54) is 6.07 Å². The van der Waals surface area contributed by atoms with Crippen LogP contribution in [0.3, 0.4) is 0 Å². The first kappa shape index (κ1) is 13.7. The first-order chi connectivity index (χ1) is 9.06. The molecule has 98 valence electrons. The molecule has 2 nitrogen and oxygen atoms in total. The Kier molecular flexibility index (Phi) is 3.79. The fraction of sp³-hybridized carbons (Fsp3) is 0.231. The van der Waals surface area contributed by atoms with Gasteiger partial charge in [-0.15, -0.1) is 0 Å². The summed E-state index contributed by atoms with van der Waals surface area (Å²) in [5.74, 6) is 0.633. The Morgan fingerprint density at radius 3 is 2.68 bits per heavy atom. The topological polar surface area (TPSA) is 25.8 Å². The number of halogens is 4. The van der Waals surface area contributed by atoms with E-state index < -0.39 is 0 Å². The van der Waals surface area contributed by atoms with E-state index in [9.17, 15) is 4.39 Å². The van der Waals surface area contributed by atoms with Gasteiger partial charge in [0.2, 0.25) is 0 Å². The zero-order chi connectivity index (χ0) is 13.6. The van der Waals surface area contributed by atoms with Crippen LogP contribution in [0.25, 0.3) is 11.4 Å². The third-order valence-electron chi connectivity index (χ3n) is 2.98. The van der Waals surface area contributed by atoms with Gasteiger partial charge in [-0.3, -0.25) is 0 Å². The first-order valence-electron chi connectivity index (χ1n) is 5.74. The minimum Gasteiger partial charge on any atom is -0.232 e. The van der Waals surface area contributed by atoms with Gasteiger partial charge in [0.1, 0.15) is 11.0 Å². The van der Waals surface area contributed by atoms with Crippen LogP contribution in [0, 0.1) is 9.39 Å². The van der Waals surface area contributed by atoms with Crippen molar-refractivity contribution in [1.82, 2.24) is 9.97 Å². The SMILES string of the molecule is Fc1cc(-c2nc(Cl)c(I)c(C3CC3)n2)ccc1Br. The molecule has 1 fully saturated rings. The van der Waals surface area contributed by atoms with Crippen LogP contribution in [0.5, 0.6) is 0 Å². The number of hydrogen-bond acceptors (Lipinski definition) is 2. The van der Waals surface area contributed by atoms with E-state index in [0.29, 0.717) is 26.9 Å². The average Bonchev–Trinajstić information content (AvgIpc) is 3.20. The van der Waals surface area contributed by atoms with Crippen LogP contribution >= 0.6 is 50.1 Å². The number of aromatic nitrogens is 2. The predicted octanol–water partition coefficient (Wildman–Crippen LogP) is 5.18. The van der Waals surface area contributed by atoms with Crippen molar-refractivity contribution in [3.8, 4) is 11.4 Å². The molecule has 0 bridgehead atoms. The largest absolute Gasteiger partial charge is 0.232 e. The summed E-state index contributed by atoms with van der Waals surface area (Å²) in [5, 5.41) is 0.441. The standard InChI is InChI=1S/C13H8BrClFIN2/c14-8-4-3-7(5-9(8)16)13-18-11(6-1-2-6)10(17)12(15)19-13/h3-6H,1-2H2. The van der Waals surface area contributed by atoms with Crippen LogP contribution < -0.4 is 0 Å². The molecule has 0 radical (unpaired) electrons. The number of benzene rings is 1. The molecule has 2 aromatic rings. The molecule has 0 N–H and O–H groups in total. The predicted molar refractivity (Wildman–Crippen MR) is 84.8 cm³/mol. The third kappa shape index (κ3) is 2.78. The lowest BCUT2D eigenvalue weighted by Gasteiger charge is -2.08. The van der Waals surface area contributed by atoms with Crippen LogP contribution in [0.15, 0.2) is 22.7 Å². The van der Waals surface area contributed by atoms with Gasteiger partial charge < -0.3 is 0 Å². The third-order valence-corrected chi connectivity index (χ3v) is 5.28. The quantitative estimate of drug-likeness (QED) is 0.463. The van der Waals surface area contributed by atoms with E-state index in [-0.39, 0.29) is 5.82 Å². The average molecular weight is 453 g/mol. The second-order valence-electron chi connectivity index (χ2n) is 4.44. The Labute approximate surface area is 137 Å². The summed E-state index contributed by atoms with van der Waals surface area (Å²) in [4.78, 5) is 8.80. The Balaban J connectivity index is 2.11. The molecule has 0 spiro atoms. The van der Waals surface area contributed by atoms with Crippen molar-refractivity contribution in [3.05, 3.63) is 42.9 Å². The molecule has 6 heteroatoms. The summed E-state index contributed by atoms with van der Waals surface area (Å²) < 4.78 is 14.9. The van der Waals surface area contributed by atoms with Gasteiger partial charge in [0.15, 0.2) is 5.82 Å². The molecular weight excluding hydrogens is 445 g/mol. The number of rotatable bonds is 2. The summed E-state index contributed by atoms with van der Waals surface area (Å²) in [5.41, 5.74) is 1.62. The highest BCUT2D eigenvalue weighted by Crippen LogP contribution is 2.42. The van der Waals surface area contributed by atoms with Crippen molar-refractivity contribution in [1.29, 1.82) is 0 Å². The Bertz CT molecular complexity index is 661. The second-order valence-corrected chi connectivity index (χ2v) is 6.73. The molecule has 19 heavy (non-hydrogen) atoms. The maximum atomic E-state index is 13.6. The normalized spacial score (nSPS) is 14.7. The molecule has 1 aliphatic rings. The molecule has 1 heterocycles. The van der Waals surface area contributed by atoms with Crippen molar-refractivity contribution < 1.29 is 4.39 Å². The maximum Gasteiger partial charge on any atom is 0.161 e. The fourth-order valence-corrected chi connectivity index (χ4v) is 2.93. The highest BCUT2D eigenvalue weighted by molar-refractivity contribution is 14.1. The minimum absolute atomic E-state index is 0.330. The van der Waals surface area contributed by atoms with E-state index in [1.807, 2.05) is 0 Å². The zero-order valence-electron chi connectivity index (χ0n) is 9.63. The van der Waals surface area contributed by atoms with Gasteiger partial charge >= 0.3 is 0 Å². The lowest BCUT2D eigenvalue weighted by Crippen LogP contribution is -1.99. The fourth-order valence-electron chi connectivity index (χ4n) is 1.83. The molecule has 1 aliphatic carbocycles. The molecule has 0 unspecified atom stereocenters. The van der Waals surface area contributed by atoms with Crippen molar-refractivity contribution in [2.75, 3.05) is 0 Å². The summed E-state index contributed by atoms with van der Waals surface area (Å²) in [6, 6.07) is 4.85. The summed E-state index contributed by atoms with van der Waals surface area (Å²) >= 11 is 11.5. The minimum atomic E-state index is -0.330. The van der Waals surface area contributed by atoms with Crippen molar-refractivity contribution in [2.24, 2.45) is 0 Å². The zero-order valence-corrected chi connectivity index (χ0v) is 14.1. The Morgan fingerprint density at radius 1 is 1.32 bits per heavy atom. The first-order valence-corrected chi connectivity index (χ1v) is 7.99. The Morgan fingerprint density at radius 2 is 2.05 bits per heavy atom. The van der Waals surface area contributed by atoms with Crippen LogP contribution in [0.1, 0.15) is 24.5 Å². The highest BCUT2D eigenvalue weighted by atomic mass is 127. The van der Waals surface area contributed by atoms with Crippen molar-refractivity contribution in [2.45, 2.75) is 18.8 Å². The molecule has 0 atom stereocenters. The van der Waals surface area contributed by atoms with Crippen LogP contribution in [0.4, 0.5) is 4.39 Å². The van der Waals surface area contributed by atoms with Gasteiger partial charge in [-0.2, -0.15) is 0 Å². The molecular formula is C13H8BrClFIN2. The van der Waals surface area contributed by atoms with Crippen molar-refractivity contribution in [3.63, 3.8) is 0 Å². The lowest BCUT2D eigenvalue weighted by molar-refractivity contribution is 0.621. The molecule has 1 aromatic heterocycles. The molecule has 0 aliphatic heterocycles. The summed E-state index contributed by atoms with van der Waals surface area (Å²) in [6.45, 7) is 0. The van der Waals surface area contributed by atoms with Crippen LogP contribution in [0.2, 0.25) is 5.15 Å². The number of hydrogen-bond donors (Lipinski definition) is 0. The molecule has 3 rings (SSSR count). The van der Waals surface area contributed by atoms with Gasteiger partial charge in [-0.25, -0.2) is 14.4 Å². The van der Waals surface area contributed by atoms with E-state index in [1.54, 1.807) is 12.1 Å². The summed E-state index contributed by atoms with van der Waals surface area (Å²) in [7, 11) is 0. The van der Waals surface area contributed by atoms with Gasteiger partial charge in [0.25, 0.3) is 0 Å². The van der Waals surface area contributed by atoms with Crippen LogP contribution in [-0.2, 0) is 0 Å². The summed E-state index contributed by atoms with van der Waals surface area (Å²) in [6.07, 6.45) is 2.27. The van der Waals surface area contributed by atoms with E-state index in [0.717, 1.165) is 22.1 Å². The number of nitrogens with zero attached hydrogens (tertiary/aromatic N) is 2. The highest BCUT2D eigenvalue weighted by Gasteiger charge is 2.29.